The summed E-state index contributed by atoms with van der Waals surface area (Å²) in [4.78, 5) is 15.5. The molecule has 1 atom stereocenters. The van der Waals surface area contributed by atoms with E-state index in [-0.39, 0.29) is 0 Å². The standard InChI is InChI=1S/C14H16N2O3/c1-16-8-7-15-12(16)9-10-3-5-11(6-4-10)13(17)14(18)19-2/h3-8,13,17H,9H2,1-2H3. The lowest BCUT2D eigenvalue weighted by Crippen LogP contribution is -2.13. The Balaban J connectivity index is 2.10. The van der Waals surface area contributed by atoms with Crippen molar-refractivity contribution in [3.05, 3.63) is 53.6 Å². The SMILES string of the molecule is COC(=O)C(O)c1ccc(Cc2nccn2C)cc1. The molecule has 1 aromatic carbocycles. The number of nitrogens with zero attached hydrogens (tertiary/aromatic N) is 2. The average molecular weight is 260 g/mol. The van der Waals surface area contributed by atoms with E-state index in [2.05, 4.69) is 9.72 Å². The maximum absolute atomic E-state index is 11.2. The number of methoxy groups -OCH3 is 1. The zero-order chi connectivity index (χ0) is 13.8. The molecule has 0 saturated heterocycles. The fourth-order valence-corrected chi connectivity index (χ4v) is 1.81. The van der Waals surface area contributed by atoms with Crippen LogP contribution in [0.25, 0.3) is 0 Å². The highest BCUT2D eigenvalue weighted by Crippen LogP contribution is 2.16. The second-order valence-electron chi connectivity index (χ2n) is 4.30. The number of aliphatic hydroxyl groups is 1. The highest BCUT2D eigenvalue weighted by Gasteiger charge is 2.17. The largest absolute Gasteiger partial charge is 0.467 e. The van der Waals surface area contributed by atoms with Crippen LogP contribution in [0.2, 0.25) is 0 Å². The molecule has 0 aliphatic rings. The minimum Gasteiger partial charge on any atom is -0.467 e. The van der Waals surface area contributed by atoms with E-state index >= 15 is 0 Å². The summed E-state index contributed by atoms with van der Waals surface area (Å²) < 4.78 is 6.45. The van der Waals surface area contributed by atoms with Crippen molar-refractivity contribution in [3.8, 4) is 0 Å². The Morgan fingerprint density at radius 3 is 2.63 bits per heavy atom. The summed E-state index contributed by atoms with van der Waals surface area (Å²) >= 11 is 0. The Labute approximate surface area is 111 Å². The molecular weight excluding hydrogens is 244 g/mol. The van der Waals surface area contributed by atoms with Crippen LogP contribution in [-0.2, 0) is 23.0 Å². The molecule has 2 aromatic rings. The molecule has 5 nitrogen and oxygen atoms in total. The molecule has 0 spiro atoms. The van der Waals surface area contributed by atoms with Gasteiger partial charge in [-0.05, 0) is 11.1 Å². The van der Waals surface area contributed by atoms with Crippen LogP contribution in [0.5, 0.6) is 0 Å². The van der Waals surface area contributed by atoms with Gasteiger partial charge >= 0.3 is 5.97 Å². The van der Waals surface area contributed by atoms with E-state index in [0.717, 1.165) is 11.4 Å². The van der Waals surface area contributed by atoms with E-state index < -0.39 is 12.1 Å². The Hall–Kier alpha value is -2.14. The normalized spacial score (nSPS) is 12.2. The molecule has 0 fully saturated rings. The van der Waals surface area contributed by atoms with Gasteiger partial charge in [0.25, 0.3) is 0 Å². The number of hydrogen-bond donors (Lipinski definition) is 1. The number of carbonyl (C=O) groups is 1. The Morgan fingerprint density at radius 2 is 2.11 bits per heavy atom. The van der Waals surface area contributed by atoms with Gasteiger partial charge in [-0.15, -0.1) is 0 Å². The van der Waals surface area contributed by atoms with Gasteiger partial charge in [-0.3, -0.25) is 0 Å². The summed E-state index contributed by atoms with van der Waals surface area (Å²) in [5, 5.41) is 9.69. The molecule has 0 radical (unpaired) electrons. The third-order valence-corrected chi connectivity index (χ3v) is 3.00. The molecule has 0 aliphatic carbocycles. The summed E-state index contributed by atoms with van der Waals surface area (Å²) in [5.74, 6) is 0.304. The second-order valence-corrected chi connectivity index (χ2v) is 4.30. The van der Waals surface area contributed by atoms with Crippen LogP contribution < -0.4 is 0 Å². The van der Waals surface area contributed by atoms with Crippen molar-refractivity contribution >= 4 is 5.97 Å². The van der Waals surface area contributed by atoms with E-state index in [1.807, 2.05) is 29.9 Å². The molecule has 1 unspecified atom stereocenters. The van der Waals surface area contributed by atoms with E-state index in [1.54, 1.807) is 18.3 Å². The molecule has 19 heavy (non-hydrogen) atoms. The first kappa shape index (κ1) is 13.3. The van der Waals surface area contributed by atoms with Crippen molar-refractivity contribution < 1.29 is 14.6 Å². The van der Waals surface area contributed by atoms with Gasteiger partial charge in [0.1, 0.15) is 5.82 Å². The van der Waals surface area contributed by atoms with Crippen LogP contribution in [0.15, 0.2) is 36.7 Å². The maximum Gasteiger partial charge on any atom is 0.339 e. The van der Waals surface area contributed by atoms with Gasteiger partial charge in [0.05, 0.1) is 7.11 Å². The molecule has 0 bridgehead atoms. The van der Waals surface area contributed by atoms with Crippen molar-refractivity contribution in [2.45, 2.75) is 12.5 Å². The minimum atomic E-state index is -1.23. The van der Waals surface area contributed by atoms with Crippen LogP contribution in [-0.4, -0.2) is 27.7 Å². The van der Waals surface area contributed by atoms with E-state index in [1.165, 1.54) is 7.11 Å². The van der Waals surface area contributed by atoms with Gasteiger partial charge in [0, 0.05) is 25.9 Å². The molecule has 2 rings (SSSR count). The first-order valence-corrected chi connectivity index (χ1v) is 5.92. The third kappa shape index (κ3) is 3.00. The molecule has 1 heterocycles. The summed E-state index contributed by atoms with van der Waals surface area (Å²) in [6.07, 6.45) is 3.13. The highest BCUT2D eigenvalue weighted by atomic mass is 16.5. The lowest BCUT2D eigenvalue weighted by atomic mass is 10.1. The van der Waals surface area contributed by atoms with Crippen molar-refractivity contribution in [2.75, 3.05) is 7.11 Å². The van der Waals surface area contributed by atoms with Gasteiger partial charge in [-0.2, -0.15) is 0 Å². The van der Waals surface area contributed by atoms with Gasteiger partial charge in [-0.25, -0.2) is 9.78 Å². The molecule has 0 amide bonds. The predicted octanol–water partition coefficient (Wildman–Crippen LogP) is 1.22. The number of benzene rings is 1. The first-order valence-electron chi connectivity index (χ1n) is 5.92. The molecule has 0 aliphatic heterocycles. The molecule has 1 N–H and O–H groups in total. The van der Waals surface area contributed by atoms with Gasteiger partial charge in [0.15, 0.2) is 6.10 Å². The fourth-order valence-electron chi connectivity index (χ4n) is 1.81. The lowest BCUT2D eigenvalue weighted by Gasteiger charge is -2.09. The Kier molecular flexibility index (Phi) is 3.97. The third-order valence-electron chi connectivity index (χ3n) is 3.00. The predicted molar refractivity (Wildman–Crippen MR) is 69.4 cm³/mol. The molecule has 5 heteroatoms. The molecular formula is C14H16N2O3. The smallest absolute Gasteiger partial charge is 0.339 e. The number of aliphatic hydroxyl groups excluding tert-OH is 1. The number of esters is 1. The van der Waals surface area contributed by atoms with E-state index in [4.69, 9.17) is 0 Å². The zero-order valence-electron chi connectivity index (χ0n) is 10.9. The minimum absolute atomic E-state index is 0.524. The summed E-state index contributed by atoms with van der Waals surface area (Å²) in [6.45, 7) is 0. The van der Waals surface area contributed by atoms with Gasteiger partial charge < -0.3 is 14.4 Å². The van der Waals surface area contributed by atoms with Crippen molar-refractivity contribution in [2.24, 2.45) is 7.05 Å². The first-order chi connectivity index (χ1) is 9.11. The average Bonchev–Trinajstić information content (AvgIpc) is 2.83. The maximum atomic E-state index is 11.2. The van der Waals surface area contributed by atoms with Crippen LogP contribution in [0.3, 0.4) is 0 Å². The highest BCUT2D eigenvalue weighted by molar-refractivity contribution is 5.76. The van der Waals surface area contributed by atoms with Crippen molar-refractivity contribution in [3.63, 3.8) is 0 Å². The molecule has 100 valence electrons. The summed E-state index contributed by atoms with van der Waals surface area (Å²) in [6, 6.07) is 7.19. The topological polar surface area (TPSA) is 64.3 Å². The number of imidazole rings is 1. The van der Waals surface area contributed by atoms with Gasteiger partial charge in [0.2, 0.25) is 0 Å². The second kappa shape index (κ2) is 5.67. The number of ether oxygens (including phenoxy) is 1. The molecule has 0 saturated carbocycles. The summed E-state index contributed by atoms with van der Waals surface area (Å²) in [7, 11) is 3.19. The number of carbonyl (C=O) groups excluding carboxylic acids is 1. The van der Waals surface area contributed by atoms with E-state index in [0.29, 0.717) is 12.0 Å². The van der Waals surface area contributed by atoms with E-state index in [9.17, 15) is 9.90 Å². The number of aromatic nitrogens is 2. The van der Waals surface area contributed by atoms with Crippen LogP contribution in [0.4, 0.5) is 0 Å². The van der Waals surface area contributed by atoms with Crippen LogP contribution in [0, 0.1) is 0 Å². The monoisotopic (exact) mass is 260 g/mol. The quantitative estimate of drug-likeness (QED) is 0.839. The lowest BCUT2D eigenvalue weighted by molar-refractivity contribution is -0.150. The number of aryl methyl sites for hydroxylation is 1. The van der Waals surface area contributed by atoms with Crippen LogP contribution >= 0.6 is 0 Å². The zero-order valence-corrected chi connectivity index (χ0v) is 10.9. The number of rotatable bonds is 4. The van der Waals surface area contributed by atoms with Gasteiger partial charge in [-0.1, -0.05) is 24.3 Å². The fraction of sp³-hybridized carbons (Fsp3) is 0.286. The van der Waals surface area contributed by atoms with Crippen molar-refractivity contribution in [1.82, 2.24) is 9.55 Å². The Morgan fingerprint density at radius 1 is 1.42 bits per heavy atom. The van der Waals surface area contributed by atoms with Crippen molar-refractivity contribution in [1.29, 1.82) is 0 Å². The van der Waals surface area contributed by atoms with Crippen LogP contribution in [0.1, 0.15) is 23.1 Å². The number of hydrogen-bond acceptors (Lipinski definition) is 4. The summed E-state index contributed by atoms with van der Waals surface area (Å²) in [5.41, 5.74) is 1.59. The Bertz CT molecular complexity index is 560. The molecule has 1 aromatic heterocycles.